The summed E-state index contributed by atoms with van der Waals surface area (Å²) < 4.78 is 59.7. The maximum absolute atomic E-state index is 15.5. The number of halogens is 3. The van der Waals surface area contributed by atoms with Gasteiger partial charge in [-0.1, -0.05) is 11.8 Å². The molecule has 35 heavy (non-hydrogen) atoms. The van der Waals surface area contributed by atoms with Gasteiger partial charge in [0.25, 0.3) is 0 Å². The van der Waals surface area contributed by atoms with Gasteiger partial charge in [0.1, 0.15) is 11.3 Å². The Labute approximate surface area is 201 Å². The molecule has 0 fully saturated rings. The zero-order valence-corrected chi connectivity index (χ0v) is 19.5. The number of hydrogen-bond acceptors (Lipinski definition) is 7. The van der Waals surface area contributed by atoms with Gasteiger partial charge in [0.05, 0.1) is 31.7 Å². The molecule has 0 radical (unpaired) electrons. The van der Waals surface area contributed by atoms with E-state index >= 15 is 4.39 Å². The van der Waals surface area contributed by atoms with Crippen molar-refractivity contribution in [3.05, 3.63) is 63.9 Å². The van der Waals surface area contributed by atoms with E-state index in [2.05, 4.69) is 0 Å². The average Bonchev–Trinajstić information content (AvgIpc) is 2.82. The zero-order valence-electron chi connectivity index (χ0n) is 18.7. The third-order valence-corrected chi connectivity index (χ3v) is 6.00. The number of hydrogen-bond donors (Lipinski definition) is 1. The Morgan fingerprint density at radius 2 is 1.80 bits per heavy atom. The number of carbonyl (C=O) groups is 2. The Balaban J connectivity index is 2.28. The van der Waals surface area contributed by atoms with Crippen LogP contribution in [0.3, 0.4) is 0 Å². The molecule has 0 aliphatic heterocycles. The van der Waals surface area contributed by atoms with Gasteiger partial charge in [0.2, 0.25) is 11.2 Å². The van der Waals surface area contributed by atoms with E-state index < -0.39 is 62.8 Å². The van der Waals surface area contributed by atoms with Gasteiger partial charge in [0, 0.05) is 11.1 Å². The van der Waals surface area contributed by atoms with Crippen molar-refractivity contribution in [1.82, 2.24) is 4.57 Å². The Kier molecular flexibility index (Phi) is 7.95. The van der Waals surface area contributed by atoms with E-state index in [1.54, 1.807) is 12.1 Å². The number of thioether (sulfide) groups is 1. The maximum Gasteiger partial charge on any atom is 0.343 e. The van der Waals surface area contributed by atoms with Crippen molar-refractivity contribution < 1.29 is 42.1 Å². The van der Waals surface area contributed by atoms with E-state index in [1.807, 2.05) is 0 Å². The molecule has 0 aliphatic carbocycles. The molecular weight excluding hydrogens is 491 g/mol. The second-order valence-corrected chi connectivity index (χ2v) is 8.19. The van der Waals surface area contributed by atoms with Gasteiger partial charge in [-0.25, -0.2) is 18.4 Å². The molecule has 2 atom stereocenters. The number of fused-ring (bicyclic) bond motifs is 1. The van der Waals surface area contributed by atoms with Crippen LogP contribution >= 0.6 is 11.8 Å². The largest absolute Gasteiger partial charge is 0.497 e. The number of alkyl halides is 1. The van der Waals surface area contributed by atoms with Crippen molar-refractivity contribution in [2.75, 3.05) is 20.8 Å². The Bertz CT molecular complexity index is 1330. The van der Waals surface area contributed by atoms with Gasteiger partial charge in [-0.2, -0.15) is 4.39 Å². The van der Waals surface area contributed by atoms with Crippen LogP contribution in [0.2, 0.25) is 0 Å². The fraction of sp³-hybridized carbons (Fsp3) is 0.261. The number of carbonyl (C=O) groups excluding carboxylic acids is 1. The lowest BCUT2D eigenvalue weighted by Gasteiger charge is -2.24. The van der Waals surface area contributed by atoms with E-state index in [-0.39, 0.29) is 6.61 Å². The summed E-state index contributed by atoms with van der Waals surface area (Å²) in [5.74, 6) is -6.16. The van der Waals surface area contributed by atoms with Gasteiger partial charge >= 0.3 is 11.9 Å². The lowest BCUT2D eigenvalue weighted by atomic mass is 10.1. The SMILES string of the molecule is CCOC(=O)c1cn(C(C(=O)O)C(F)Sc2ccc(OC)cc2)c2c(OC)c(F)c(F)cc2c1=O. The van der Waals surface area contributed by atoms with Crippen molar-refractivity contribution in [3.8, 4) is 11.5 Å². The van der Waals surface area contributed by atoms with Crippen LogP contribution in [0.5, 0.6) is 11.5 Å². The first-order chi connectivity index (χ1) is 16.6. The molecule has 1 N–H and O–H groups in total. The predicted molar refractivity (Wildman–Crippen MR) is 121 cm³/mol. The van der Waals surface area contributed by atoms with E-state index in [4.69, 9.17) is 14.2 Å². The molecular formula is C23H20F3NO7S. The minimum Gasteiger partial charge on any atom is -0.497 e. The summed E-state index contributed by atoms with van der Waals surface area (Å²) in [5, 5.41) is 9.33. The Morgan fingerprint density at radius 1 is 1.14 bits per heavy atom. The fourth-order valence-electron chi connectivity index (χ4n) is 3.40. The Hall–Kier alpha value is -3.67. The van der Waals surface area contributed by atoms with Crippen molar-refractivity contribution >= 4 is 34.6 Å². The molecule has 1 aromatic heterocycles. The van der Waals surface area contributed by atoms with Crippen molar-refractivity contribution in [2.24, 2.45) is 0 Å². The lowest BCUT2D eigenvalue weighted by molar-refractivity contribution is -0.141. The highest BCUT2D eigenvalue weighted by Crippen LogP contribution is 2.37. The number of methoxy groups -OCH3 is 2. The summed E-state index contributed by atoms with van der Waals surface area (Å²) in [6.07, 6.45) is 0.752. The number of ether oxygens (including phenoxy) is 3. The maximum atomic E-state index is 15.5. The normalized spacial score (nSPS) is 12.7. The van der Waals surface area contributed by atoms with Crippen molar-refractivity contribution in [1.29, 1.82) is 0 Å². The van der Waals surface area contributed by atoms with E-state index in [0.29, 0.717) is 33.0 Å². The first-order valence-electron chi connectivity index (χ1n) is 10.1. The fourth-order valence-corrected chi connectivity index (χ4v) is 4.33. The molecule has 0 aliphatic rings. The van der Waals surface area contributed by atoms with Crippen LogP contribution in [-0.2, 0) is 9.53 Å². The number of nitrogens with zero attached hydrogens (tertiary/aromatic N) is 1. The van der Waals surface area contributed by atoms with Crippen LogP contribution in [-0.4, -0.2) is 47.9 Å². The van der Waals surface area contributed by atoms with Crippen LogP contribution < -0.4 is 14.9 Å². The van der Waals surface area contributed by atoms with Crippen molar-refractivity contribution in [3.63, 3.8) is 0 Å². The van der Waals surface area contributed by atoms with E-state index in [1.165, 1.54) is 26.2 Å². The molecule has 1 heterocycles. The molecule has 3 rings (SSSR count). The number of benzene rings is 2. The summed E-state index contributed by atoms with van der Waals surface area (Å²) in [4.78, 5) is 37.9. The number of carboxylic acid groups (broad SMARTS) is 1. The highest BCUT2D eigenvalue weighted by atomic mass is 32.2. The lowest BCUT2D eigenvalue weighted by Crippen LogP contribution is -2.30. The molecule has 0 spiro atoms. The monoisotopic (exact) mass is 511 g/mol. The van der Waals surface area contributed by atoms with Crippen LogP contribution in [0.25, 0.3) is 10.9 Å². The van der Waals surface area contributed by atoms with Crippen LogP contribution in [0.4, 0.5) is 13.2 Å². The summed E-state index contributed by atoms with van der Waals surface area (Å²) in [7, 11) is 2.42. The molecule has 2 unspecified atom stereocenters. The smallest absolute Gasteiger partial charge is 0.343 e. The number of aliphatic carboxylic acids is 1. The van der Waals surface area contributed by atoms with Gasteiger partial charge < -0.3 is 23.9 Å². The number of pyridine rings is 1. The van der Waals surface area contributed by atoms with Gasteiger partial charge in [-0.05, 0) is 37.3 Å². The molecule has 8 nitrogen and oxygen atoms in total. The summed E-state index contributed by atoms with van der Waals surface area (Å²) in [6, 6.07) is 4.49. The average molecular weight is 511 g/mol. The second kappa shape index (κ2) is 10.7. The highest BCUT2D eigenvalue weighted by Gasteiger charge is 2.35. The van der Waals surface area contributed by atoms with Gasteiger partial charge in [0.15, 0.2) is 23.1 Å². The standard InChI is InChI=1S/C23H20F3NO7S/c1-4-34-23(31)14-10-27(17-13(19(14)28)9-15(24)16(25)20(17)33-3)18(22(29)30)21(26)35-12-7-5-11(32-2)6-8-12/h5-10,18,21H,4H2,1-3H3,(H,29,30). The van der Waals surface area contributed by atoms with Crippen LogP contribution in [0.15, 0.2) is 46.2 Å². The third-order valence-electron chi connectivity index (χ3n) is 4.97. The first-order valence-corrected chi connectivity index (χ1v) is 11.0. The van der Waals surface area contributed by atoms with Crippen molar-refractivity contribution in [2.45, 2.75) is 23.4 Å². The van der Waals surface area contributed by atoms with E-state index in [9.17, 15) is 28.3 Å². The molecule has 0 saturated heterocycles. The minimum absolute atomic E-state index is 0.126. The second-order valence-electron chi connectivity index (χ2n) is 7.03. The summed E-state index contributed by atoms with van der Waals surface area (Å²) >= 11 is 0.525. The molecule has 0 bridgehead atoms. The first kappa shape index (κ1) is 25.9. The quantitative estimate of drug-likeness (QED) is 0.337. The van der Waals surface area contributed by atoms with E-state index in [0.717, 1.165) is 13.3 Å². The summed E-state index contributed by atoms with van der Waals surface area (Å²) in [5.41, 5.74) is -4.48. The summed E-state index contributed by atoms with van der Waals surface area (Å²) in [6.45, 7) is 1.34. The number of carboxylic acids is 1. The molecule has 0 amide bonds. The number of rotatable bonds is 9. The predicted octanol–water partition coefficient (Wildman–Crippen LogP) is 4.19. The van der Waals surface area contributed by atoms with Gasteiger partial charge in [-0.15, -0.1) is 0 Å². The number of esters is 1. The minimum atomic E-state index is -2.21. The van der Waals surface area contributed by atoms with Crippen LogP contribution in [0, 0.1) is 11.6 Å². The molecule has 0 saturated carbocycles. The Morgan fingerprint density at radius 3 is 2.34 bits per heavy atom. The van der Waals surface area contributed by atoms with Gasteiger partial charge in [-0.3, -0.25) is 4.79 Å². The third kappa shape index (κ3) is 5.06. The highest BCUT2D eigenvalue weighted by molar-refractivity contribution is 7.99. The number of aromatic nitrogens is 1. The zero-order chi connectivity index (χ0) is 25.9. The molecule has 2 aromatic carbocycles. The molecule has 186 valence electrons. The molecule has 12 heteroatoms. The topological polar surface area (TPSA) is 104 Å². The van der Waals surface area contributed by atoms with Crippen LogP contribution in [0.1, 0.15) is 23.3 Å². The molecule has 3 aromatic rings.